The van der Waals surface area contributed by atoms with Crippen molar-refractivity contribution in [1.29, 1.82) is 0 Å². The lowest BCUT2D eigenvalue weighted by Gasteiger charge is -2.05. The summed E-state index contributed by atoms with van der Waals surface area (Å²) in [5.41, 5.74) is 1.05. The van der Waals surface area contributed by atoms with Gasteiger partial charge in [-0.15, -0.1) is 0 Å². The highest BCUT2D eigenvalue weighted by atomic mass is 79.9. The van der Waals surface area contributed by atoms with Gasteiger partial charge in [0.1, 0.15) is 0 Å². The molecule has 0 atom stereocenters. The van der Waals surface area contributed by atoms with Crippen LogP contribution < -0.4 is 0 Å². The van der Waals surface area contributed by atoms with Crippen LogP contribution in [0.4, 0.5) is 8.78 Å². The second-order valence-corrected chi connectivity index (χ2v) is 3.55. The molecule has 0 N–H and O–H groups in total. The van der Waals surface area contributed by atoms with Crippen LogP contribution in [0.2, 0.25) is 0 Å². The van der Waals surface area contributed by atoms with E-state index in [4.69, 9.17) is 0 Å². The molecule has 0 aliphatic rings. The molecular weight excluding hydrogens is 254 g/mol. The van der Waals surface area contributed by atoms with Crippen molar-refractivity contribution >= 4 is 15.9 Å². The van der Waals surface area contributed by atoms with Gasteiger partial charge >= 0.3 is 5.02 Å². The van der Waals surface area contributed by atoms with Gasteiger partial charge < -0.3 is 4.74 Å². The first-order valence-corrected chi connectivity index (χ1v) is 4.81. The molecule has 14 heavy (non-hydrogen) atoms. The van der Waals surface area contributed by atoms with Crippen molar-refractivity contribution in [2.75, 3.05) is 0 Å². The number of ether oxygens (including phenoxy) is 1. The lowest BCUT2D eigenvalue weighted by atomic mass is 10.2. The first-order chi connectivity index (χ1) is 6.58. The van der Waals surface area contributed by atoms with E-state index in [0.717, 1.165) is 11.8 Å². The Balaban J connectivity index is 2.35. The Morgan fingerprint density at radius 3 is 2.50 bits per heavy atom. The third-order valence-electron chi connectivity index (χ3n) is 1.49. The van der Waals surface area contributed by atoms with Crippen LogP contribution in [0.25, 0.3) is 0 Å². The van der Waals surface area contributed by atoms with E-state index in [-0.39, 0.29) is 0 Å². The van der Waals surface area contributed by atoms with Crippen LogP contribution in [0, 0.1) is 0 Å². The molecule has 1 aromatic rings. The van der Waals surface area contributed by atoms with Gasteiger partial charge in [-0.2, -0.15) is 8.78 Å². The Hall–Kier alpha value is -0.900. The van der Waals surface area contributed by atoms with Crippen LogP contribution in [0.5, 0.6) is 0 Å². The summed E-state index contributed by atoms with van der Waals surface area (Å²) in [4.78, 5) is 0. The average molecular weight is 263 g/mol. The number of allylic oxidation sites excluding steroid dienone is 1. The minimum absolute atomic E-state index is 0.573. The third-order valence-corrected chi connectivity index (χ3v) is 1.68. The minimum Gasteiger partial charge on any atom is -0.432 e. The van der Waals surface area contributed by atoms with Crippen LogP contribution >= 0.6 is 15.9 Å². The topological polar surface area (TPSA) is 9.23 Å². The van der Waals surface area contributed by atoms with E-state index < -0.39 is 5.02 Å². The number of hydrogen-bond acceptors (Lipinski definition) is 1. The Morgan fingerprint density at radius 2 is 1.93 bits per heavy atom. The molecule has 1 nitrogen and oxygen atoms in total. The summed E-state index contributed by atoms with van der Waals surface area (Å²) in [5.74, 6) is 0. The Kier molecular flexibility index (Phi) is 4.07. The standard InChI is InChI=1S/C10H9BrF2O/c11-10(12,13)14-8-4-7-9-5-2-1-3-6-9/h1-6,8H,7H2. The average Bonchev–Trinajstić information content (AvgIpc) is 2.13. The van der Waals surface area contributed by atoms with E-state index in [9.17, 15) is 8.78 Å². The molecular formula is C10H9BrF2O. The molecule has 4 heteroatoms. The van der Waals surface area contributed by atoms with Gasteiger partial charge in [-0.3, -0.25) is 0 Å². The van der Waals surface area contributed by atoms with Gasteiger partial charge in [-0.25, -0.2) is 0 Å². The smallest absolute Gasteiger partial charge is 0.432 e. The van der Waals surface area contributed by atoms with Crippen LogP contribution in [0.3, 0.4) is 0 Å². The van der Waals surface area contributed by atoms with Crippen molar-refractivity contribution in [3.63, 3.8) is 0 Å². The highest BCUT2D eigenvalue weighted by Gasteiger charge is 2.23. The molecule has 76 valence electrons. The fourth-order valence-corrected chi connectivity index (χ4v) is 1.03. The minimum atomic E-state index is -3.28. The lowest BCUT2D eigenvalue weighted by Crippen LogP contribution is -2.05. The van der Waals surface area contributed by atoms with Crippen molar-refractivity contribution < 1.29 is 13.5 Å². The highest BCUT2D eigenvalue weighted by Crippen LogP contribution is 2.22. The fraction of sp³-hybridized carbons (Fsp3) is 0.200. The van der Waals surface area contributed by atoms with E-state index in [1.165, 1.54) is 6.08 Å². The molecule has 0 saturated heterocycles. The summed E-state index contributed by atoms with van der Waals surface area (Å²) in [6.45, 7) is 0. The van der Waals surface area contributed by atoms with Gasteiger partial charge in [0.2, 0.25) is 0 Å². The number of halogens is 3. The zero-order valence-corrected chi connectivity index (χ0v) is 8.88. The van der Waals surface area contributed by atoms with Gasteiger partial charge in [0.05, 0.1) is 6.26 Å². The van der Waals surface area contributed by atoms with Gasteiger partial charge in [0.15, 0.2) is 0 Å². The molecule has 0 saturated carbocycles. The lowest BCUT2D eigenvalue weighted by molar-refractivity contribution is -0.113. The summed E-state index contributed by atoms with van der Waals surface area (Å²) in [5, 5.41) is -3.28. The van der Waals surface area contributed by atoms with E-state index in [0.29, 0.717) is 6.42 Å². The first-order valence-electron chi connectivity index (χ1n) is 4.01. The van der Waals surface area contributed by atoms with Crippen molar-refractivity contribution in [3.05, 3.63) is 48.2 Å². The monoisotopic (exact) mass is 262 g/mol. The van der Waals surface area contributed by atoms with Crippen molar-refractivity contribution in [2.45, 2.75) is 11.4 Å². The molecule has 0 aromatic heterocycles. The van der Waals surface area contributed by atoms with E-state index in [2.05, 4.69) is 20.7 Å². The van der Waals surface area contributed by atoms with Gasteiger partial charge in [-0.1, -0.05) is 30.3 Å². The molecule has 0 amide bonds. The maximum absolute atomic E-state index is 12.1. The van der Waals surface area contributed by atoms with E-state index in [1.807, 2.05) is 30.3 Å². The summed E-state index contributed by atoms with van der Waals surface area (Å²) < 4.78 is 28.2. The largest absolute Gasteiger partial charge is 0.458 e. The molecule has 0 radical (unpaired) electrons. The maximum atomic E-state index is 12.1. The molecule has 0 unspecified atom stereocenters. The Labute approximate surface area is 89.5 Å². The van der Waals surface area contributed by atoms with Crippen LogP contribution in [0.1, 0.15) is 5.56 Å². The van der Waals surface area contributed by atoms with Gasteiger partial charge in [0, 0.05) is 15.9 Å². The van der Waals surface area contributed by atoms with Crippen LogP contribution in [-0.4, -0.2) is 5.02 Å². The quantitative estimate of drug-likeness (QED) is 0.594. The summed E-state index contributed by atoms with van der Waals surface area (Å²) >= 11 is 2.06. The third kappa shape index (κ3) is 4.97. The van der Waals surface area contributed by atoms with Crippen molar-refractivity contribution in [3.8, 4) is 0 Å². The van der Waals surface area contributed by atoms with Crippen LogP contribution in [-0.2, 0) is 11.2 Å². The first kappa shape index (κ1) is 11.2. The Bertz CT molecular complexity index is 293. The van der Waals surface area contributed by atoms with E-state index in [1.54, 1.807) is 0 Å². The normalized spacial score (nSPS) is 11.9. The molecule has 0 heterocycles. The molecule has 0 aliphatic heterocycles. The molecule has 1 aromatic carbocycles. The second-order valence-electron chi connectivity index (χ2n) is 2.63. The van der Waals surface area contributed by atoms with Gasteiger partial charge in [0.25, 0.3) is 0 Å². The van der Waals surface area contributed by atoms with Gasteiger partial charge in [-0.05, 0) is 18.1 Å². The second kappa shape index (κ2) is 5.10. The summed E-state index contributed by atoms with van der Waals surface area (Å²) in [7, 11) is 0. The molecule has 0 aliphatic carbocycles. The summed E-state index contributed by atoms with van der Waals surface area (Å²) in [6, 6.07) is 9.51. The molecule has 0 fully saturated rings. The fourth-order valence-electron chi connectivity index (χ4n) is 0.924. The van der Waals surface area contributed by atoms with E-state index >= 15 is 0 Å². The predicted octanol–water partition coefficient (Wildman–Crippen LogP) is 3.70. The van der Waals surface area contributed by atoms with Crippen molar-refractivity contribution in [1.82, 2.24) is 0 Å². The highest BCUT2D eigenvalue weighted by molar-refractivity contribution is 9.09. The number of benzene rings is 1. The number of hydrogen-bond donors (Lipinski definition) is 0. The van der Waals surface area contributed by atoms with Crippen LogP contribution in [0.15, 0.2) is 42.7 Å². The molecule has 0 bridgehead atoms. The maximum Gasteiger partial charge on any atom is 0.458 e. The number of rotatable bonds is 4. The van der Waals surface area contributed by atoms with Crippen molar-refractivity contribution in [2.24, 2.45) is 0 Å². The summed E-state index contributed by atoms with van der Waals surface area (Å²) in [6.07, 6.45) is 3.09. The zero-order chi connectivity index (χ0) is 10.4. The predicted molar refractivity (Wildman–Crippen MR) is 54.2 cm³/mol. The molecule has 0 spiro atoms. The number of alkyl halides is 3. The zero-order valence-electron chi connectivity index (χ0n) is 7.29. The Morgan fingerprint density at radius 1 is 1.29 bits per heavy atom. The SMILES string of the molecule is FC(F)(Br)OC=CCc1ccccc1. The molecule has 1 rings (SSSR count).